The van der Waals surface area contributed by atoms with Crippen LogP contribution in [0.4, 0.5) is 4.79 Å². The topological polar surface area (TPSA) is 76.6 Å². The molecule has 8 nitrogen and oxygen atoms in total. The van der Waals surface area contributed by atoms with E-state index < -0.39 is 11.7 Å². The molecule has 0 unspecified atom stereocenters. The van der Waals surface area contributed by atoms with E-state index in [9.17, 15) is 4.79 Å². The molecular formula is C23H30BrN5O3. The normalized spacial score (nSPS) is 16.2. The smallest absolute Gasteiger partial charge is 0.420 e. The number of carbonyl (C=O) groups excluding carboxylic acids is 1. The summed E-state index contributed by atoms with van der Waals surface area (Å²) in [7, 11) is 0. The van der Waals surface area contributed by atoms with Crippen LogP contribution in [-0.4, -0.2) is 68.3 Å². The van der Waals surface area contributed by atoms with Crippen molar-refractivity contribution in [3.63, 3.8) is 0 Å². The highest BCUT2D eigenvalue weighted by molar-refractivity contribution is 9.10. The average Bonchev–Trinajstić information content (AvgIpc) is 3.31. The maximum atomic E-state index is 12.7. The van der Waals surface area contributed by atoms with Crippen molar-refractivity contribution >= 4 is 33.1 Å². The van der Waals surface area contributed by atoms with Crippen LogP contribution in [0.2, 0.25) is 0 Å². The number of fused-ring (bicyclic) bond motifs is 1. The van der Waals surface area contributed by atoms with Gasteiger partial charge in [0.2, 0.25) is 5.89 Å². The molecule has 0 bridgehead atoms. The van der Waals surface area contributed by atoms with E-state index in [0.717, 1.165) is 48.3 Å². The fourth-order valence-electron chi connectivity index (χ4n) is 3.79. The molecule has 0 spiro atoms. The first kappa shape index (κ1) is 22.9. The van der Waals surface area contributed by atoms with E-state index in [1.54, 1.807) is 12.4 Å². The maximum Gasteiger partial charge on any atom is 0.420 e. The Kier molecular flexibility index (Phi) is 6.42. The van der Waals surface area contributed by atoms with Crippen LogP contribution in [-0.2, 0) is 11.3 Å². The zero-order valence-corrected chi connectivity index (χ0v) is 20.8. The van der Waals surface area contributed by atoms with Gasteiger partial charge >= 0.3 is 6.09 Å². The Bertz CT molecular complexity index is 1110. The van der Waals surface area contributed by atoms with Gasteiger partial charge in [-0.15, -0.1) is 0 Å². The molecule has 3 aromatic rings. The second-order valence-electron chi connectivity index (χ2n) is 9.43. The van der Waals surface area contributed by atoms with Crippen LogP contribution in [0.3, 0.4) is 0 Å². The molecule has 1 aliphatic rings. The summed E-state index contributed by atoms with van der Waals surface area (Å²) in [6.07, 6.45) is 2.96. The van der Waals surface area contributed by atoms with Crippen LogP contribution in [0.15, 0.2) is 33.4 Å². The van der Waals surface area contributed by atoms with Gasteiger partial charge in [-0.25, -0.2) is 19.3 Å². The van der Waals surface area contributed by atoms with E-state index >= 15 is 0 Å². The number of hydrogen-bond donors (Lipinski definition) is 0. The first-order valence-corrected chi connectivity index (χ1v) is 11.7. The lowest BCUT2D eigenvalue weighted by Crippen LogP contribution is -2.48. The molecule has 0 aromatic carbocycles. The zero-order chi connectivity index (χ0) is 23.0. The number of rotatable bonds is 4. The minimum atomic E-state index is -0.601. The SMILES string of the molecule is CC(C)N1CCN(Cc2cnc(-c3ccc4c(Br)cn(C(=O)OC(C)(C)C)c4n3)o2)CC1. The molecule has 4 heterocycles. The van der Waals surface area contributed by atoms with Crippen LogP contribution < -0.4 is 0 Å². The molecule has 3 aromatic heterocycles. The Hall–Kier alpha value is -2.23. The van der Waals surface area contributed by atoms with Crippen molar-refractivity contribution in [1.82, 2.24) is 24.3 Å². The molecule has 0 atom stereocenters. The number of nitrogens with zero attached hydrogens (tertiary/aromatic N) is 5. The van der Waals surface area contributed by atoms with E-state index in [2.05, 4.69) is 49.5 Å². The van der Waals surface area contributed by atoms with Gasteiger partial charge < -0.3 is 9.15 Å². The van der Waals surface area contributed by atoms with Crippen molar-refractivity contribution < 1.29 is 13.9 Å². The van der Waals surface area contributed by atoms with Gasteiger partial charge in [0.15, 0.2) is 5.65 Å². The van der Waals surface area contributed by atoms with E-state index in [-0.39, 0.29) is 0 Å². The standard InChI is InChI=1S/C23H30BrN5O3/c1-15(2)28-10-8-27(9-11-28)13-16-12-25-21(31-16)19-7-6-17-18(24)14-29(20(17)26-19)22(30)32-23(3,4)5/h6-7,12,14-15H,8-11,13H2,1-5H3. The summed E-state index contributed by atoms with van der Waals surface area (Å²) in [6.45, 7) is 14.8. The molecule has 0 N–H and O–H groups in total. The summed E-state index contributed by atoms with van der Waals surface area (Å²) in [4.78, 5) is 26.6. The second kappa shape index (κ2) is 8.96. The van der Waals surface area contributed by atoms with Gasteiger partial charge in [0.1, 0.15) is 17.1 Å². The van der Waals surface area contributed by atoms with Gasteiger partial charge in [-0.2, -0.15) is 0 Å². The predicted octanol–water partition coefficient (Wildman–Crippen LogP) is 4.76. The molecule has 4 rings (SSSR count). The monoisotopic (exact) mass is 503 g/mol. The molecule has 1 fully saturated rings. The molecule has 32 heavy (non-hydrogen) atoms. The van der Waals surface area contributed by atoms with Crippen LogP contribution >= 0.6 is 15.9 Å². The third-order valence-corrected chi connectivity index (χ3v) is 6.11. The number of hydrogen-bond acceptors (Lipinski definition) is 7. The number of ether oxygens (including phenoxy) is 1. The minimum absolute atomic E-state index is 0.441. The third-order valence-electron chi connectivity index (χ3n) is 5.48. The first-order valence-electron chi connectivity index (χ1n) is 10.9. The molecule has 0 saturated carbocycles. The summed E-state index contributed by atoms with van der Waals surface area (Å²) >= 11 is 3.50. The molecule has 0 radical (unpaired) electrons. The fourth-order valence-corrected chi connectivity index (χ4v) is 4.30. The van der Waals surface area contributed by atoms with Crippen molar-refractivity contribution in [2.75, 3.05) is 26.2 Å². The average molecular weight is 504 g/mol. The Morgan fingerprint density at radius 1 is 1.22 bits per heavy atom. The molecule has 1 aliphatic heterocycles. The van der Waals surface area contributed by atoms with E-state index in [1.165, 1.54) is 4.57 Å². The van der Waals surface area contributed by atoms with Crippen molar-refractivity contribution in [2.24, 2.45) is 0 Å². The largest absolute Gasteiger partial charge is 0.443 e. The summed E-state index contributed by atoms with van der Waals surface area (Å²) in [5.74, 6) is 1.25. The lowest BCUT2D eigenvalue weighted by Gasteiger charge is -2.36. The van der Waals surface area contributed by atoms with Crippen molar-refractivity contribution in [1.29, 1.82) is 0 Å². The van der Waals surface area contributed by atoms with E-state index in [1.807, 2.05) is 32.9 Å². The second-order valence-corrected chi connectivity index (χ2v) is 10.3. The van der Waals surface area contributed by atoms with Crippen molar-refractivity contribution in [3.05, 3.63) is 34.8 Å². The summed E-state index contributed by atoms with van der Waals surface area (Å²) in [6, 6.07) is 4.33. The number of oxazole rings is 1. The maximum absolute atomic E-state index is 12.7. The number of aromatic nitrogens is 3. The summed E-state index contributed by atoms with van der Waals surface area (Å²) in [5.41, 5.74) is 0.465. The highest BCUT2D eigenvalue weighted by Gasteiger charge is 2.23. The number of halogens is 1. The van der Waals surface area contributed by atoms with Gasteiger partial charge in [-0.1, -0.05) is 0 Å². The summed E-state index contributed by atoms with van der Waals surface area (Å²) < 4.78 is 13.7. The zero-order valence-electron chi connectivity index (χ0n) is 19.3. The molecule has 172 valence electrons. The first-order chi connectivity index (χ1) is 15.1. The molecule has 0 amide bonds. The highest BCUT2D eigenvalue weighted by Crippen LogP contribution is 2.29. The number of pyridine rings is 1. The minimum Gasteiger partial charge on any atom is -0.443 e. The molecule has 1 saturated heterocycles. The Morgan fingerprint density at radius 2 is 1.94 bits per heavy atom. The van der Waals surface area contributed by atoms with Crippen LogP contribution in [0, 0.1) is 0 Å². The Balaban J connectivity index is 1.53. The van der Waals surface area contributed by atoms with Crippen molar-refractivity contribution in [3.8, 4) is 11.6 Å². The van der Waals surface area contributed by atoms with Gasteiger partial charge in [0.05, 0.1) is 12.7 Å². The van der Waals surface area contributed by atoms with Crippen molar-refractivity contribution in [2.45, 2.75) is 52.8 Å². The third kappa shape index (κ3) is 5.05. The highest BCUT2D eigenvalue weighted by atomic mass is 79.9. The lowest BCUT2D eigenvalue weighted by molar-refractivity contribution is 0.0543. The molecule has 0 aliphatic carbocycles. The Labute approximate surface area is 196 Å². The number of piperazine rings is 1. The quantitative estimate of drug-likeness (QED) is 0.507. The van der Waals surface area contributed by atoms with E-state index in [0.29, 0.717) is 23.3 Å². The van der Waals surface area contributed by atoms with Gasteiger partial charge in [0, 0.05) is 48.3 Å². The Morgan fingerprint density at radius 3 is 2.59 bits per heavy atom. The van der Waals surface area contributed by atoms with Crippen LogP contribution in [0.1, 0.15) is 40.4 Å². The van der Waals surface area contributed by atoms with Gasteiger partial charge in [-0.3, -0.25) is 9.80 Å². The van der Waals surface area contributed by atoms with Gasteiger partial charge in [0.25, 0.3) is 0 Å². The number of carbonyl (C=O) groups is 1. The fraction of sp³-hybridized carbons (Fsp3) is 0.522. The van der Waals surface area contributed by atoms with Crippen LogP contribution in [0.5, 0.6) is 0 Å². The molecular weight excluding hydrogens is 474 g/mol. The lowest BCUT2D eigenvalue weighted by atomic mass is 10.2. The van der Waals surface area contributed by atoms with Crippen LogP contribution in [0.25, 0.3) is 22.6 Å². The van der Waals surface area contributed by atoms with Gasteiger partial charge in [-0.05, 0) is 62.7 Å². The predicted molar refractivity (Wildman–Crippen MR) is 127 cm³/mol. The van der Waals surface area contributed by atoms with E-state index in [4.69, 9.17) is 9.15 Å². The molecule has 9 heteroatoms. The summed E-state index contributed by atoms with van der Waals surface area (Å²) in [5, 5.41) is 0.814.